The van der Waals surface area contributed by atoms with Crippen molar-refractivity contribution in [1.29, 1.82) is 0 Å². The van der Waals surface area contributed by atoms with E-state index in [1.807, 2.05) is 0 Å². The van der Waals surface area contributed by atoms with E-state index in [1.54, 1.807) is 18.2 Å². The number of rotatable bonds is 0. The zero-order valence-electron chi connectivity index (χ0n) is 8.41. The average molecular weight is 268 g/mol. The van der Waals surface area contributed by atoms with Crippen LogP contribution in [0.15, 0.2) is 46.0 Å². The molecule has 1 aromatic carbocycles. The molecule has 1 aliphatic rings. The molecule has 0 aliphatic carbocycles. The molecule has 0 N–H and O–H groups in total. The van der Waals surface area contributed by atoms with Crippen LogP contribution in [0, 0.1) is 0 Å². The molecule has 0 atom stereocenters. The molecule has 5 nitrogen and oxygen atoms in total. The third kappa shape index (κ3) is 1.57. The zero-order chi connectivity index (χ0) is 12.0. The lowest BCUT2D eigenvalue weighted by molar-refractivity contribution is 0.599. The molecule has 0 saturated carbocycles. The third-order valence-corrected chi connectivity index (χ3v) is 3.90. The van der Waals surface area contributed by atoms with Crippen LogP contribution in [-0.4, -0.2) is 24.0 Å². The topological polar surface area (TPSA) is 64.3 Å². The third-order valence-electron chi connectivity index (χ3n) is 2.38. The first kappa shape index (κ1) is 10.5. The highest BCUT2D eigenvalue weighted by Crippen LogP contribution is 2.26. The van der Waals surface area contributed by atoms with Gasteiger partial charge in [-0.1, -0.05) is 23.7 Å². The van der Waals surface area contributed by atoms with E-state index in [0.29, 0.717) is 10.6 Å². The van der Waals surface area contributed by atoms with Crippen molar-refractivity contribution in [2.45, 2.75) is 4.90 Å². The Morgan fingerprint density at radius 1 is 1.24 bits per heavy atom. The van der Waals surface area contributed by atoms with Gasteiger partial charge in [-0.2, -0.15) is 13.5 Å². The molecule has 7 heteroatoms. The SMILES string of the molecule is O=S1(=O)N=C(n2cc(Cl)cn2)c2ccccc21. The van der Waals surface area contributed by atoms with Gasteiger partial charge in [-0.25, -0.2) is 4.68 Å². The van der Waals surface area contributed by atoms with E-state index >= 15 is 0 Å². The van der Waals surface area contributed by atoms with E-state index in [-0.39, 0.29) is 10.7 Å². The average Bonchev–Trinajstić information content (AvgIpc) is 2.82. The minimum absolute atomic E-state index is 0.196. The maximum atomic E-state index is 11.8. The summed E-state index contributed by atoms with van der Waals surface area (Å²) in [6.45, 7) is 0. The Hall–Kier alpha value is -1.66. The molecule has 2 aromatic rings. The molecule has 0 bridgehead atoms. The fourth-order valence-corrected chi connectivity index (χ4v) is 3.00. The molecule has 2 heterocycles. The Morgan fingerprint density at radius 3 is 2.71 bits per heavy atom. The van der Waals surface area contributed by atoms with Gasteiger partial charge in [0.05, 0.1) is 17.4 Å². The van der Waals surface area contributed by atoms with E-state index in [9.17, 15) is 8.42 Å². The monoisotopic (exact) mass is 267 g/mol. The van der Waals surface area contributed by atoms with Crippen molar-refractivity contribution < 1.29 is 8.42 Å². The summed E-state index contributed by atoms with van der Waals surface area (Å²) in [4.78, 5) is 0.196. The standard InChI is InChI=1S/C10H6ClN3O2S/c11-7-5-12-14(6-7)10-8-3-1-2-4-9(8)17(15,16)13-10/h1-6H. The highest BCUT2D eigenvalue weighted by atomic mass is 35.5. The fraction of sp³-hybridized carbons (Fsp3) is 0. The number of aromatic nitrogens is 2. The van der Waals surface area contributed by atoms with Gasteiger partial charge in [0.2, 0.25) is 0 Å². The molecule has 0 spiro atoms. The van der Waals surface area contributed by atoms with Crippen LogP contribution in [0.2, 0.25) is 5.02 Å². The van der Waals surface area contributed by atoms with Crippen LogP contribution < -0.4 is 0 Å². The predicted molar refractivity (Wildman–Crippen MR) is 62.8 cm³/mol. The van der Waals surface area contributed by atoms with Gasteiger partial charge in [0, 0.05) is 5.56 Å². The smallest absolute Gasteiger partial charge is 0.220 e. The summed E-state index contributed by atoms with van der Waals surface area (Å²) in [5.74, 6) is 0.271. The van der Waals surface area contributed by atoms with Crippen LogP contribution in [0.4, 0.5) is 0 Å². The van der Waals surface area contributed by atoms with Gasteiger partial charge in [0.25, 0.3) is 10.0 Å². The number of fused-ring (bicyclic) bond motifs is 1. The number of hydrogen-bond donors (Lipinski definition) is 0. The van der Waals surface area contributed by atoms with E-state index in [4.69, 9.17) is 11.6 Å². The van der Waals surface area contributed by atoms with Crippen LogP contribution in [0.5, 0.6) is 0 Å². The lowest BCUT2D eigenvalue weighted by Crippen LogP contribution is -2.11. The number of hydrogen-bond acceptors (Lipinski definition) is 3. The van der Waals surface area contributed by atoms with E-state index < -0.39 is 10.0 Å². The molecule has 0 unspecified atom stereocenters. The van der Waals surface area contributed by atoms with Crippen molar-refractivity contribution in [3.63, 3.8) is 0 Å². The van der Waals surface area contributed by atoms with Crippen molar-refractivity contribution in [3.8, 4) is 0 Å². The van der Waals surface area contributed by atoms with Crippen molar-refractivity contribution in [3.05, 3.63) is 47.2 Å². The Labute approximate surface area is 102 Å². The normalized spacial score (nSPS) is 16.6. The van der Waals surface area contributed by atoms with Crippen molar-refractivity contribution >= 4 is 27.5 Å². The summed E-state index contributed by atoms with van der Waals surface area (Å²) < 4.78 is 28.6. The second kappa shape index (κ2) is 3.41. The molecule has 1 aromatic heterocycles. The molecule has 86 valence electrons. The summed E-state index contributed by atoms with van der Waals surface area (Å²) >= 11 is 5.75. The molecule has 17 heavy (non-hydrogen) atoms. The second-order valence-corrected chi connectivity index (χ2v) is 5.50. The van der Waals surface area contributed by atoms with Gasteiger partial charge < -0.3 is 0 Å². The van der Waals surface area contributed by atoms with Gasteiger partial charge in [-0.15, -0.1) is 4.40 Å². The largest absolute Gasteiger partial charge is 0.285 e. The predicted octanol–water partition coefficient (Wildman–Crippen LogP) is 1.53. The van der Waals surface area contributed by atoms with Crippen LogP contribution in [0.25, 0.3) is 0 Å². The van der Waals surface area contributed by atoms with Gasteiger partial charge >= 0.3 is 0 Å². The summed E-state index contributed by atoms with van der Waals surface area (Å²) in [5.41, 5.74) is 0.535. The molecule has 0 amide bonds. The minimum atomic E-state index is -3.61. The Balaban J connectivity index is 2.27. The zero-order valence-corrected chi connectivity index (χ0v) is 9.98. The molecule has 0 radical (unpaired) electrons. The number of benzene rings is 1. The molecule has 3 rings (SSSR count). The van der Waals surface area contributed by atoms with E-state index in [2.05, 4.69) is 9.50 Å². The first-order chi connectivity index (χ1) is 8.08. The lowest BCUT2D eigenvalue weighted by Gasteiger charge is -2.00. The molecular formula is C10H6ClN3O2S. The van der Waals surface area contributed by atoms with Crippen molar-refractivity contribution in [2.24, 2.45) is 4.40 Å². The first-order valence-corrected chi connectivity index (χ1v) is 6.55. The maximum Gasteiger partial charge on any atom is 0.285 e. The Kier molecular flexibility index (Phi) is 2.11. The maximum absolute atomic E-state index is 11.8. The number of sulfonamides is 1. The van der Waals surface area contributed by atoms with Crippen LogP contribution in [0.1, 0.15) is 5.56 Å². The molecule has 0 fully saturated rings. The van der Waals surface area contributed by atoms with Crippen LogP contribution >= 0.6 is 11.6 Å². The van der Waals surface area contributed by atoms with Crippen molar-refractivity contribution in [1.82, 2.24) is 9.78 Å². The summed E-state index contributed by atoms with van der Waals surface area (Å²) in [6.07, 6.45) is 2.94. The summed E-state index contributed by atoms with van der Waals surface area (Å²) in [6, 6.07) is 6.62. The highest BCUT2D eigenvalue weighted by Gasteiger charge is 2.29. The second-order valence-electron chi connectivity index (χ2n) is 3.49. The quantitative estimate of drug-likeness (QED) is 0.727. The molecular weight excluding hydrogens is 262 g/mol. The number of halogens is 1. The fourth-order valence-electron chi connectivity index (χ4n) is 1.67. The van der Waals surface area contributed by atoms with Crippen LogP contribution in [0.3, 0.4) is 0 Å². The Morgan fingerprint density at radius 2 is 2.00 bits per heavy atom. The highest BCUT2D eigenvalue weighted by molar-refractivity contribution is 7.90. The number of nitrogens with zero attached hydrogens (tertiary/aromatic N) is 3. The lowest BCUT2D eigenvalue weighted by atomic mass is 10.2. The van der Waals surface area contributed by atoms with Gasteiger partial charge in [0.15, 0.2) is 5.84 Å². The molecule has 0 saturated heterocycles. The van der Waals surface area contributed by atoms with Crippen molar-refractivity contribution in [2.75, 3.05) is 0 Å². The van der Waals surface area contributed by atoms with Gasteiger partial charge in [-0.3, -0.25) is 0 Å². The minimum Gasteiger partial charge on any atom is -0.220 e. The van der Waals surface area contributed by atoms with Gasteiger partial charge in [-0.05, 0) is 12.1 Å². The summed E-state index contributed by atoms with van der Waals surface area (Å²) in [5, 5.41) is 4.38. The van der Waals surface area contributed by atoms with E-state index in [1.165, 1.54) is 23.1 Å². The van der Waals surface area contributed by atoms with Crippen LogP contribution in [-0.2, 0) is 10.0 Å². The first-order valence-electron chi connectivity index (χ1n) is 4.73. The molecule has 1 aliphatic heterocycles. The van der Waals surface area contributed by atoms with Gasteiger partial charge in [0.1, 0.15) is 4.90 Å². The van der Waals surface area contributed by atoms with E-state index in [0.717, 1.165) is 0 Å². The summed E-state index contributed by atoms with van der Waals surface area (Å²) in [7, 11) is -3.61. The Bertz CT molecular complexity index is 734.